The van der Waals surface area contributed by atoms with E-state index in [1.54, 1.807) is 12.1 Å². The van der Waals surface area contributed by atoms with Gasteiger partial charge in [0.05, 0.1) is 5.54 Å². The van der Waals surface area contributed by atoms with Gasteiger partial charge in [-0.25, -0.2) is 5.84 Å². The fourth-order valence-electron chi connectivity index (χ4n) is 3.08. The van der Waals surface area contributed by atoms with E-state index >= 15 is 0 Å². The maximum atomic E-state index is 12.5. The molecule has 2 aromatic rings. The number of amides is 1. The summed E-state index contributed by atoms with van der Waals surface area (Å²) in [7, 11) is 0. The van der Waals surface area contributed by atoms with Crippen molar-refractivity contribution in [3.05, 3.63) is 65.2 Å². The highest BCUT2D eigenvalue weighted by Crippen LogP contribution is 2.41. The molecule has 1 atom stereocenters. The second-order valence-electron chi connectivity index (χ2n) is 5.96. The van der Waals surface area contributed by atoms with Gasteiger partial charge in [-0.1, -0.05) is 30.3 Å². The van der Waals surface area contributed by atoms with Crippen LogP contribution in [0.3, 0.4) is 0 Å². The predicted octanol–water partition coefficient (Wildman–Crippen LogP) is 1.81. The summed E-state index contributed by atoms with van der Waals surface area (Å²) in [6, 6.07) is 15.5. The lowest BCUT2D eigenvalue weighted by molar-refractivity contribution is 0.0582. The molecular formula is C18H21N3O2. The number of nitrogens with zero attached hydrogens (tertiary/aromatic N) is 1. The van der Waals surface area contributed by atoms with E-state index in [2.05, 4.69) is 0 Å². The summed E-state index contributed by atoms with van der Waals surface area (Å²) in [5.74, 6) is 6.67. The van der Waals surface area contributed by atoms with Crippen molar-refractivity contribution >= 4 is 5.91 Å². The lowest BCUT2D eigenvalue weighted by atomic mass is 9.86. The van der Waals surface area contributed by atoms with Crippen LogP contribution < -0.4 is 16.3 Å². The number of rotatable bonds is 5. The van der Waals surface area contributed by atoms with Crippen molar-refractivity contribution in [3.63, 3.8) is 0 Å². The molecule has 2 aromatic carbocycles. The Hall–Kier alpha value is -2.37. The smallest absolute Gasteiger partial charge is 0.268 e. The van der Waals surface area contributed by atoms with Gasteiger partial charge in [0.15, 0.2) is 0 Å². The Kier molecular flexibility index (Phi) is 4.07. The van der Waals surface area contributed by atoms with E-state index in [9.17, 15) is 4.79 Å². The van der Waals surface area contributed by atoms with Crippen LogP contribution in [0.25, 0.3) is 0 Å². The van der Waals surface area contributed by atoms with E-state index in [4.69, 9.17) is 16.3 Å². The average Bonchev–Trinajstić information content (AvgIpc) is 2.75. The number of hydrogen-bond donors (Lipinski definition) is 2. The normalized spacial score (nSPS) is 19.8. The van der Waals surface area contributed by atoms with Crippen molar-refractivity contribution in [3.8, 4) is 5.75 Å². The van der Waals surface area contributed by atoms with Crippen molar-refractivity contribution in [2.75, 3.05) is 13.2 Å². The van der Waals surface area contributed by atoms with Crippen LogP contribution in [-0.4, -0.2) is 24.1 Å². The number of carbonyl (C=O) groups is 1. The maximum absolute atomic E-state index is 12.5. The fraction of sp³-hybridized carbons (Fsp3) is 0.278. The number of carbonyl (C=O) groups excluding carboxylic acids is 1. The van der Waals surface area contributed by atoms with E-state index in [-0.39, 0.29) is 5.91 Å². The first-order chi connectivity index (χ1) is 11.1. The monoisotopic (exact) mass is 311 g/mol. The van der Waals surface area contributed by atoms with E-state index in [1.165, 1.54) is 5.01 Å². The minimum Gasteiger partial charge on any atom is -0.492 e. The van der Waals surface area contributed by atoms with Gasteiger partial charge in [-0.05, 0) is 36.2 Å². The molecular weight excluding hydrogens is 290 g/mol. The zero-order chi connectivity index (χ0) is 16.4. The Morgan fingerprint density at radius 2 is 1.91 bits per heavy atom. The Morgan fingerprint density at radius 1 is 1.17 bits per heavy atom. The van der Waals surface area contributed by atoms with Gasteiger partial charge in [0.2, 0.25) is 0 Å². The maximum Gasteiger partial charge on any atom is 0.268 e. The summed E-state index contributed by atoms with van der Waals surface area (Å²) in [4.78, 5) is 12.5. The number of benzene rings is 2. The lowest BCUT2D eigenvalue weighted by Gasteiger charge is -2.32. The average molecular weight is 311 g/mol. The zero-order valence-electron chi connectivity index (χ0n) is 13.2. The summed E-state index contributed by atoms with van der Waals surface area (Å²) in [5.41, 5.74) is 7.53. The summed E-state index contributed by atoms with van der Waals surface area (Å²) in [6.07, 6.45) is 0.642. The minimum atomic E-state index is -0.601. The minimum absolute atomic E-state index is 0.163. The number of hydrazine groups is 1. The van der Waals surface area contributed by atoms with Gasteiger partial charge in [0.25, 0.3) is 5.91 Å². The molecule has 0 bridgehead atoms. The van der Waals surface area contributed by atoms with Crippen molar-refractivity contribution in [2.45, 2.75) is 18.9 Å². The highest BCUT2D eigenvalue weighted by atomic mass is 16.5. The van der Waals surface area contributed by atoms with Gasteiger partial charge in [-0.2, -0.15) is 0 Å². The molecule has 120 valence electrons. The molecule has 1 heterocycles. The van der Waals surface area contributed by atoms with E-state index in [1.807, 2.05) is 43.3 Å². The lowest BCUT2D eigenvalue weighted by Crippen LogP contribution is -2.47. The van der Waals surface area contributed by atoms with Gasteiger partial charge >= 0.3 is 0 Å². The molecule has 0 aromatic heterocycles. The number of fused-ring (bicyclic) bond motifs is 1. The molecule has 1 unspecified atom stereocenters. The largest absolute Gasteiger partial charge is 0.492 e. The van der Waals surface area contributed by atoms with Crippen LogP contribution in [0.5, 0.6) is 5.75 Å². The highest BCUT2D eigenvalue weighted by molar-refractivity contribution is 5.99. The predicted molar refractivity (Wildman–Crippen MR) is 88.8 cm³/mol. The van der Waals surface area contributed by atoms with E-state index < -0.39 is 5.54 Å². The molecule has 23 heavy (non-hydrogen) atoms. The molecule has 0 saturated carbocycles. The molecule has 0 saturated heterocycles. The molecule has 0 spiro atoms. The molecule has 5 nitrogen and oxygen atoms in total. The van der Waals surface area contributed by atoms with Gasteiger partial charge < -0.3 is 10.5 Å². The number of ether oxygens (including phenoxy) is 1. The molecule has 5 heteroatoms. The first-order valence-corrected chi connectivity index (χ1v) is 7.67. The SMILES string of the molecule is CC1(Cc2ccccc2)c2cc(OCCN)ccc2C(=O)N1N. The molecule has 0 radical (unpaired) electrons. The first-order valence-electron chi connectivity index (χ1n) is 7.67. The van der Waals surface area contributed by atoms with Gasteiger partial charge in [0.1, 0.15) is 12.4 Å². The molecule has 4 N–H and O–H groups in total. The van der Waals surface area contributed by atoms with Crippen molar-refractivity contribution in [2.24, 2.45) is 11.6 Å². The topological polar surface area (TPSA) is 81.6 Å². The van der Waals surface area contributed by atoms with Crippen LogP contribution in [0.1, 0.15) is 28.4 Å². The van der Waals surface area contributed by atoms with Gasteiger partial charge in [-0.15, -0.1) is 0 Å². The van der Waals surface area contributed by atoms with Crippen LogP contribution in [-0.2, 0) is 12.0 Å². The molecule has 0 aliphatic carbocycles. The molecule has 1 aliphatic heterocycles. The number of hydrogen-bond acceptors (Lipinski definition) is 4. The van der Waals surface area contributed by atoms with Gasteiger partial charge in [0, 0.05) is 18.5 Å². The Labute approximate surface area is 135 Å². The highest BCUT2D eigenvalue weighted by Gasteiger charge is 2.45. The third kappa shape index (κ3) is 2.69. The summed E-state index contributed by atoms with van der Waals surface area (Å²) in [6.45, 7) is 2.87. The second-order valence-corrected chi connectivity index (χ2v) is 5.96. The van der Waals surface area contributed by atoms with Crippen LogP contribution in [0.15, 0.2) is 48.5 Å². The summed E-state index contributed by atoms with van der Waals surface area (Å²) < 4.78 is 5.60. The Morgan fingerprint density at radius 3 is 2.61 bits per heavy atom. The van der Waals surface area contributed by atoms with Crippen LogP contribution in [0, 0.1) is 0 Å². The third-order valence-corrected chi connectivity index (χ3v) is 4.33. The Bertz CT molecular complexity index is 717. The standard InChI is InChI=1S/C18H21N3O2/c1-18(12-13-5-3-2-4-6-13)16-11-14(23-10-9-19)7-8-15(16)17(22)21(18)20/h2-8,11H,9-10,12,19-20H2,1H3. The molecule has 1 amide bonds. The van der Waals surface area contributed by atoms with E-state index in [0.717, 1.165) is 11.1 Å². The Balaban J connectivity index is 2.00. The second kappa shape index (κ2) is 6.02. The quantitative estimate of drug-likeness (QED) is 0.652. The first kappa shape index (κ1) is 15.5. The van der Waals surface area contributed by atoms with Crippen molar-refractivity contribution in [1.82, 2.24) is 5.01 Å². The van der Waals surface area contributed by atoms with Crippen molar-refractivity contribution < 1.29 is 9.53 Å². The number of nitrogens with two attached hydrogens (primary N) is 2. The summed E-state index contributed by atoms with van der Waals surface area (Å²) in [5, 5.41) is 1.33. The van der Waals surface area contributed by atoms with Crippen LogP contribution in [0.4, 0.5) is 0 Å². The molecule has 3 rings (SSSR count). The van der Waals surface area contributed by atoms with Gasteiger partial charge in [-0.3, -0.25) is 9.80 Å². The van der Waals surface area contributed by atoms with Crippen LogP contribution in [0.2, 0.25) is 0 Å². The van der Waals surface area contributed by atoms with Crippen molar-refractivity contribution in [1.29, 1.82) is 0 Å². The molecule has 1 aliphatic rings. The third-order valence-electron chi connectivity index (χ3n) is 4.33. The summed E-state index contributed by atoms with van der Waals surface area (Å²) >= 11 is 0. The molecule has 0 fully saturated rings. The van der Waals surface area contributed by atoms with Crippen LogP contribution >= 0.6 is 0 Å². The van der Waals surface area contributed by atoms with E-state index in [0.29, 0.717) is 30.9 Å². The zero-order valence-corrected chi connectivity index (χ0v) is 13.2. The fourth-order valence-corrected chi connectivity index (χ4v) is 3.08.